The van der Waals surface area contributed by atoms with E-state index in [1.54, 1.807) is 12.1 Å². The predicted octanol–water partition coefficient (Wildman–Crippen LogP) is 3.07. The van der Waals surface area contributed by atoms with Crippen LogP contribution in [0.4, 0.5) is 4.39 Å². The fourth-order valence-electron chi connectivity index (χ4n) is 2.13. The van der Waals surface area contributed by atoms with Crippen molar-refractivity contribution in [3.05, 3.63) is 65.5 Å². The number of carbonyl (C=O) groups is 1. The molecule has 0 aromatic heterocycles. The van der Waals surface area contributed by atoms with Crippen LogP contribution in [0.5, 0.6) is 5.75 Å². The monoisotopic (exact) mass is 242 g/mol. The van der Waals surface area contributed by atoms with E-state index in [9.17, 15) is 9.18 Å². The summed E-state index contributed by atoms with van der Waals surface area (Å²) in [4.78, 5) is 12.0. The van der Waals surface area contributed by atoms with Crippen LogP contribution in [0.3, 0.4) is 0 Å². The summed E-state index contributed by atoms with van der Waals surface area (Å²) in [6.45, 7) is 0. The number of hydrogen-bond donors (Lipinski definition) is 0. The van der Waals surface area contributed by atoms with Gasteiger partial charge in [-0.15, -0.1) is 0 Å². The lowest BCUT2D eigenvalue weighted by Gasteiger charge is -2.25. The minimum absolute atomic E-state index is 0.000285. The van der Waals surface area contributed by atoms with Crippen LogP contribution in [0, 0.1) is 5.82 Å². The van der Waals surface area contributed by atoms with E-state index in [4.69, 9.17) is 4.74 Å². The minimum Gasteiger partial charge on any atom is -0.478 e. The number of ketones is 1. The van der Waals surface area contributed by atoms with Crippen molar-refractivity contribution in [1.29, 1.82) is 0 Å². The number of rotatable bonds is 1. The number of halogens is 1. The van der Waals surface area contributed by atoms with Gasteiger partial charge in [-0.3, -0.25) is 4.79 Å². The lowest BCUT2D eigenvalue weighted by atomic mass is 9.96. The number of hydrogen-bond acceptors (Lipinski definition) is 2. The Labute approximate surface area is 104 Å². The lowest BCUT2D eigenvalue weighted by molar-refractivity contribution is -0.126. The number of ether oxygens (including phenoxy) is 1. The summed E-state index contributed by atoms with van der Waals surface area (Å²) in [6, 6.07) is 13.3. The van der Waals surface area contributed by atoms with Crippen molar-refractivity contribution in [2.45, 2.75) is 12.5 Å². The van der Waals surface area contributed by atoms with Crippen LogP contribution in [-0.2, 0) is 11.2 Å². The molecule has 18 heavy (non-hydrogen) atoms. The van der Waals surface area contributed by atoms with E-state index >= 15 is 0 Å². The zero-order valence-corrected chi connectivity index (χ0v) is 9.60. The number of benzene rings is 2. The Bertz CT molecular complexity index is 590. The molecular weight excluding hydrogens is 231 g/mol. The van der Waals surface area contributed by atoms with E-state index in [0.29, 0.717) is 12.0 Å². The van der Waals surface area contributed by atoms with E-state index in [2.05, 4.69) is 0 Å². The van der Waals surface area contributed by atoms with Crippen LogP contribution in [0.2, 0.25) is 0 Å². The van der Waals surface area contributed by atoms with Crippen molar-refractivity contribution < 1.29 is 13.9 Å². The van der Waals surface area contributed by atoms with Gasteiger partial charge in [0.2, 0.25) is 0 Å². The average molecular weight is 242 g/mol. The third-order valence-corrected chi connectivity index (χ3v) is 3.05. The summed E-state index contributed by atoms with van der Waals surface area (Å²) in [5.41, 5.74) is 1.59. The fraction of sp³-hybridized carbons (Fsp3) is 0.133. The molecule has 0 saturated heterocycles. The Hall–Kier alpha value is -2.16. The predicted molar refractivity (Wildman–Crippen MR) is 64.9 cm³/mol. The minimum atomic E-state index is -0.625. The average Bonchev–Trinajstić information content (AvgIpc) is 2.39. The van der Waals surface area contributed by atoms with Crippen LogP contribution >= 0.6 is 0 Å². The van der Waals surface area contributed by atoms with Gasteiger partial charge in [0.05, 0.1) is 0 Å². The second kappa shape index (κ2) is 4.26. The molecule has 0 radical (unpaired) electrons. The smallest absolute Gasteiger partial charge is 0.182 e. The summed E-state index contributed by atoms with van der Waals surface area (Å²) in [5.74, 6) is 0.411. The van der Waals surface area contributed by atoms with Gasteiger partial charge in [-0.05, 0) is 18.2 Å². The van der Waals surface area contributed by atoms with Gasteiger partial charge < -0.3 is 4.74 Å². The summed E-state index contributed by atoms with van der Waals surface area (Å²) in [7, 11) is 0. The number of fused-ring (bicyclic) bond motifs is 1. The first-order valence-corrected chi connectivity index (χ1v) is 5.77. The van der Waals surface area contributed by atoms with Gasteiger partial charge in [0.1, 0.15) is 11.6 Å². The second-order valence-corrected chi connectivity index (χ2v) is 4.30. The number of para-hydroxylation sites is 1. The Morgan fingerprint density at radius 2 is 1.78 bits per heavy atom. The maximum Gasteiger partial charge on any atom is 0.182 e. The van der Waals surface area contributed by atoms with Gasteiger partial charge >= 0.3 is 0 Å². The molecule has 2 aromatic carbocycles. The van der Waals surface area contributed by atoms with Crippen molar-refractivity contribution in [2.24, 2.45) is 0 Å². The highest BCUT2D eigenvalue weighted by atomic mass is 19.1. The molecular formula is C15H11FO2. The molecule has 0 N–H and O–H groups in total. The van der Waals surface area contributed by atoms with Gasteiger partial charge in [0.15, 0.2) is 11.9 Å². The van der Waals surface area contributed by atoms with Gasteiger partial charge in [0, 0.05) is 17.5 Å². The first-order valence-electron chi connectivity index (χ1n) is 5.77. The topological polar surface area (TPSA) is 26.3 Å². The molecule has 0 bridgehead atoms. The van der Waals surface area contributed by atoms with E-state index < -0.39 is 6.10 Å². The van der Waals surface area contributed by atoms with Crippen molar-refractivity contribution in [3.8, 4) is 5.75 Å². The molecule has 2 aromatic rings. The molecule has 0 amide bonds. The maximum atomic E-state index is 12.9. The SMILES string of the molecule is O=C1Cc2ccccc2OC1c1ccc(F)cc1. The quantitative estimate of drug-likeness (QED) is 0.768. The Morgan fingerprint density at radius 3 is 2.56 bits per heavy atom. The largest absolute Gasteiger partial charge is 0.478 e. The molecule has 1 aliphatic heterocycles. The van der Waals surface area contributed by atoms with E-state index in [0.717, 1.165) is 11.3 Å². The molecule has 0 saturated carbocycles. The maximum absolute atomic E-state index is 12.9. The number of Topliss-reactive ketones (excluding diaryl/α,β-unsaturated/α-hetero) is 1. The van der Waals surface area contributed by atoms with E-state index in [-0.39, 0.29) is 11.6 Å². The molecule has 0 aliphatic carbocycles. The molecule has 0 fully saturated rings. The second-order valence-electron chi connectivity index (χ2n) is 4.30. The molecule has 1 unspecified atom stereocenters. The fourth-order valence-corrected chi connectivity index (χ4v) is 2.13. The Balaban J connectivity index is 1.95. The molecule has 1 atom stereocenters. The lowest BCUT2D eigenvalue weighted by Crippen LogP contribution is -2.25. The van der Waals surface area contributed by atoms with Gasteiger partial charge in [-0.25, -0.2) is 4.39 Å². The van der Waals surface area contributed by atoms with Crippen LogP contribution in [0.25, 0.3) is 0 Å². The molecule has 1 heterocycles. The molecule has 90 valence electrons. The molecule has 1 aliphatic rings. The van der Waals surface area contributed by atoms with E-state index in [1.165, 1.54) is 12.1 Å². The van der Waals surface area contributed by atoms with Crippen molar-refractivity contribution in [1.82, 2.24) is 0 Å². The number of carbonyl (C=O) groups excluding carboxylic acids is 1. The standard InChI is InChI=1S/C15H11FO2/c16-12-7-5-10(6-8-12)15-13(17)9-11-3-1-2-4-14(11)18-15/h1-8,15H,9H2. The highest BCUT2D eigenvalue weighted by molar-refractivity contribution is 5.88. The third kappa shape index (κ3) is 1.88. The molecule has 2 nitrogen and oxygen atoms in total. The summed E-state index contributed by atoms with van der Waals surface area (Å²) >= 11 is 0. The molecule has 3 rings (SSSR count). The molecule has 0 spiro atoms. The Kier molecular flexibility index (Phi) is 2.59. The summed E-state index contributed by atoms with van der Waals surface area (Å²) < 4.78 is 18.6. The highest BCUT2D eigenvalue weighted by Gasteiger charge is 2.28. The first kappa shape index (κ1) is 11.0. The summed E-state index contributed by atoms with van der Waals surface area (Å²) in [6.07, 6.45) is -0.265. The first-order chi connectivity index (χ1) is 8.74. The van der Waals surface area contributed by atoms with Crippen molar-refractivity contribution >= 4 is 5.78 Å². The normalized spacial score (nSPS) is 18.1. The summed E-state index contributed by atoms with van der Waals surface area (Å²) in [5, 5.41) is 0. The van der Waals surface area contributed by atoms with Gasteiger partial charge in [0.25, 0.3) is 0 Å². The Morgan fingerprint density at radius 1 is 1.06 bits per heavy atom. The molecule has 3 heteroatoms. The van der Waals surface area contributed by atoms with Crippen LogP contribution in [0.1, 0.15) is 17.2 Å². The zero-order valence-electron chi connectivity index (χ0n) is 9.60. The van der Waals surface area contributed by atoms with Gasteiger partial charge in [-0.1, -0.05) is 30.3 Å². The van der Waals surface area contributed by atoms with Crippen molar-refractivity contribution in [3.63, 3.8) is 0 Å². The van der Waals surface area contributed by atoms with Gasteiger partial charge in [-0.2, -0.15) is 0 Å². The highest BCUT2D eigenvalue weighted by Crippen LogP contribution is 2.32. The van der Waals surface area contributed by atoms with Crippen LogP contribution in [-0.4, -0.2) is 5.78 Å². The van der Waals surface area contributed by atoms with Crippen LogP contribution < -0.4 is 4.74 Å². The van der Waals surface area contributed by atoms with Crippen LogP contribution in [0.15, 0.2) is 48.5 Å². The zero-order chi connectivity index (χ0) is 12.5. The van der Waals surface area contributed by atoms with Crippen molar-refractivity contribution in [2.75, 3.05) is 0 Å². The third-order valence-electron chi connectivity index (χ3n) is 3.05. The van der Waals surface area contributed by atoms with E-state index in [1.807, 2.05) is 24.3 Å².